The van der Waals surface area contributed by atoms with Crippen LogP contribution in [0, 0.1) is 0 Å². The van der Waals surface area contributed by atoms with E-state index in [0.29, 0.717) is 19.4 Å². The molecule has 1 aliphatic rings. The van der Waals surface area contributed by atoms with Crippen molar-refractivity contribution in [2.75, 3.05) is 39.4 Å². The van der Waals surface area contributed by atoms with Crippen LogP contribution in [-0.2, 0) is 22.5 Å². The number of hydrogen-bond donors (Lipinski definition) is 0. The van der Waals surface area contributed by atoms with Gasteiger partial charge in [-0.25, -0.2) is 4.68 Å². The quantitative estimate of drug-likeness (QED) is 0.492. The predicted molar refractivity (Wildman–Crippen MR) is 123 cm³/mol. The molecule has 0 atom stereocenters. The standard InChI is InChI=1S/C25H31N5O2/c31-25(8-7-23-19-27-30(21-23)24-5-2-1-3-6-24)29(20-22-9-11-26-12-10-22)14-4-13-28-15-17-32-18-16-28/h1-3,5-6,9-12,19,21H,4,7-8,13-18,20H2. The number of carbonyl (C=O) groups is 1. The minimum atomic E-state index is 0.177. The summed E-state index contributed by atoms with van der Waals surface area (Å²) in [4.78, 5) is 21.6. The summed E-state index contributed by atoms with van der Waals surface area (Å²) in [5.41, 5.74) is 3.20. The van der Waals surface area contributed by atoms with Crippen molar-refractivity contribution in [3.63, 3.8) is 0 Å². The lowest BCUT2D eigenvalue weighted by Gasteiger charge is -2.28. The first-order valence-electron chi connectivity index (χ1n) is 11.3. The van der Waals surface area contributed by atoms with Crippen LogP contribution in [0.3, 0.4) is 0 Å². The molecule has 1 aromatic carbocycles. The third kappa shape index (κ3) is 6.48. The van der Waals surface area contributed by atoms with E-state index in [1.165, 1.54) is 0 Å². The van der Waals surface area contributed by atoms with Gasteiger partial charge in [0.15, 0.2) is 0 Å². The number of rotatable bonds is 10. The zero-order valence-electron chi connectivity index (χ0n) is 18.5. The van der Waals surface area contributed by atoms with E-state index in [4.69, 9.17) is 4.74 Å². The summed E-state index contributed by atoms with van der Waals surface area (Å²) in [5.74, 6) is 0.177. The van der Waals surface area contributed by atoms with Crippen molar-refractivity contribution in [3.05, 3.63) is 78.4 Å². The number of hydrogen-bond acceptors (Lipinski definition) is 5. The van der Waals surface area contributed by atoms with Crippen molar-refractivity contribution in [1.29, 1.82) is 0 Å². The van der Waals surface area contributed by atoms with Crippen LogP contribution in [0.1, 0.15) is 24.0 Å². The van der Waals surface area contributed by atoms with Gasteiger partial charge in [0.25, 0.3) is 0 Å². The Bertz CT molecular complexity index is 955. The maximum atomic E-state index is 13.1. The van der Waals surface area contributed by atoms with Gasteiger partial charge in [-0.05, 0) is 48.2 Å². The molecule has 7 heteroatoms. The first-order chi connectivity index (χ1) is 15.8. The van der Waals surface area contributed by atoms with Gasteiger partial charge in [0.2, 0.25) is 5.91 Å². The van der Waals surface area contributed by atoms with Crippen molar-refractivity contribution in [1.82, 2.24) is 24.6 Å². The molecule has 1 aliphatic heterocycles. The van der Waals surface area contributed by atoms with Gasteiger partial charge in [0.1, 0.15) is 0 Å². The fourth-order valence-corrected chi connectivity index (χ4v) is 3.93. The molecule has 0 spiro atoms. The molecule has 0 saturated carbocycles. The summed E-state index contributed by atoms with van der Waals surface area (Å²) >= 11 is 0. The molecule has 168 valence electrons. The molecule has 0 N–H and O–H groups in total. The highest BCUT2D eigenvalue weighted by Gasteiger charge is 2.16. The Labute approximate surface area is 189 Å². The van der Waals surface area contributed by atoms with Crippen LogP contribution >= 0.6 is 0 Å². The monoisotopic (exact) mass is 433 g/mol. The molecule has 0 radical (unpaired) electrons. The summed E-state index contributed by atoms with van der Waals surface area (Å²) in [6.07, 6.45) is 9.54. The zero-order chi connectivity index (χ0) is 22.0. The predicted octanol–water partition coefficient (Wildman–Crippen LogP) is 2.95. The largest absolute Gasteiger partial charge is 0.379 e. The maximum Gasteiger partial charge on any atom is 0.223 e. The summed E-state index contributed by atoms with van der Waals surface area (Å²) in [6, 6.07) is 14.0. The molecule has 0 unspecified atom stereocenters. The number of amides is 1. The van der Waals surface area contributed by atoms with Crippen LogP contribution in [-0.4, -0.2) is 69.9 Å². The number of nitrogens with zero attached hydrogens (tertiary/aromatic N) is 5. The van der Waals surface area contributed by atoms with E-state index in [0.717, 1.165) is 62.6 Å². The molecule has 0 aliphatic carbocycles. The molecule has 1 saturated heterocycles. The number of aryl methyl sites for hydroxylation is 1. The Hall–Kier alpha value is -3.03. The fourth-order valence-electron chi connectivity index (χ4n) is 3.93. The van der Waals surface area contributed by atoms with Crippen LogP contribution in [0.4, 0.5) is 0 Å². The number of ether oxygens (including phenoxy) is 1. The van der Waals surface area contributed by atoms with E-state index in [9.17, 15) is 4.79 Å². The highest BCUT2D eigenvalue weighted by Crippen LogP contribution is 2.12. The Balaban J connectivity index is 1.33. The van der Waals surface area contributed by atoms with E-state index in [-0.39, 0.29) is 5.91 Å². The molecule has 7 nitrogen and oxygen atoms in total. The van der Waals surface area contributed by atoms with Crippen LogP contribution in [0.2, 0.25) is 0 Å². The normalized spacial score (nSPS) is 14.4. The van der Waals surface area contributed by atoms with E-state index in [1.807, 2.05) is 64.4 Å². The first kappa shape index (κ1) is 22.2. The van der Waals surface area contributed by atoms with E-state index < -0.39 is 0 Å². The highest BCUT2D eigenvalue weighted by atomic mass is 16.5. The second-order valence-electron chi connectivity index (χ2n) is 8.11. The lowest BCUT2D eigenvalue weighted by molar-refractivity contribution is -0.132. The van der Waals surface area contributed by atoms with Gasteiger partial charge < -0.3 is 9.64 Å². The van der Waals surface area contributed by atoms with Gasteiger partial charge in [-0.15, -0.1) is 0 Å². The van der Waals surface area contributed by atoms with Gasteiger partial charge in [0.05, 0.1) is 25.1 Å². The Morgan fingerprint density at radius 2 is 1.81 bits per heavy atom. The average molecular weight is 434 g/mol. The molecule has 3 heterocycles. The Kier molecular flexibility index (Phi) is 8.00. The van der Waals surface area contributed by atoms with Crippen LogP contribution < -0.4 is 0 Å². The third-order valence-electron chi connectivity index (χ3n) is 5.77. The molecule has 32 heavy (non-hydrogen) atoms. The van der Waals surface area contributed by atoms with Crippen molar-refractivity contribution >= 4 is 5.91 Å². The zero-order valence-corrected chi connectivity index (χ0v) is 18.5. The molecule has 3 aromatic rings. The fraction of sp³-hybridized carbons (Fsp3) is 0.400. The molecular formula is C25H31N5O2. The number of carbonyl (C=O) groups excluding carboxylic acids is 1. The molecule has 0 bridgehead atoms. The summed E-state index contributed by atoms with van der Waals surface area (Å²) < 4.78 is 7.29. The van der Waals surface area contributed by atoms with Gasteiger partial charge in [-0.1, -0.05) is 18.2 Å². The number of benzene rings is 1. The molecule has 2 aromatic heterocycles. The van der Waals surface area contributed by atoms with E-state index in [2.05, 4.69) is 15.0 Å². The topological polar surface area (TPSA) is 63.5 Å². The molecular weight excluding hydrogens is 402 g/mol. The third-order valence-corrected chi connectivity index (χ3v) is 5.77. The molecule has 1 fully saturated rings. The van der Waals surface area contributed by atoms with E-state index in [1.54, 1.807) is 12.4 Å². The highest BCUT2D eigenvalue weighted by molar-refractivity contribution is 5.76. The lowest BCUT2D eigenvalue weighted by Crippen LogP contribution is -2.39. The Morgan fingerprint density at radius 1 is 1.03 bits per heavy atom. The number of aromatic nitrogens is 3. The summed E-state index contributed by atoms with van der Waals surface area (Å²) in [6.45, 7) is 5.92. The maximum absolute atomic E-state index is 13.1. The number of pyridine rings is 1. The first-order valence-corrected chi connectivity index (χ1v) is 11.3. The number of morpholine rings is 1. The van der Waals surface area contributed by atoms with Crippen molar-refractivity contribution in [3.8, 4) is 5.69 Å². The smallest absolute Gasteiger partial charge is 0.223 e. The Morgan fingerprint density at radius 3 is 2.59 bits per heavy atom. The van der Waals surface area contributed by atoms with E-state index >= 15 is 0 Å². The second kappa shape index (κ2) is 11.5. The number of para-hydroxylation sites is 1. The van der Waals surface area contributed by atoms with Gasteiger partial charge in [0, 0.05) is 57.7 Å². The average Bonchev–Trinajstić information content (AvgIpc) is 3.33. The van der Waals surface area contributed by atoms with Gasteiger partial charge in [-0.2, -0.15) is 5.10 Å². The summed E-state index contributed by atoms with van der Waals surface area (Å²) in [5, 5.41) is 4.45. The minimum absolute atomic E-state index is 0.177. The minimum Gasteiger partial charge on any atom is -0.379 e. The van der Waals surface area contributed by atoms with Crippen molar-refractivity contribution in [2.24, 2.45) is 0 Å². The summed E-state index contributed by atoms with van der Waals surface area (Å²) in [7, 11) is 0. The van der Waals surface area contributed by atoms with Crippen LogP contribution in [0.25, 0.3) is 5.69 Å². The van der Waals surface area contributed by atoms with Crippen molar-refractivity contribution < 1.29 is 9.53 Å². The second-order valence-corrected chi connectivity index (χ2v) is 8.11. The SMILES string of the molecule is O=C(CCc1cnn(-c2ccccc2)c1)N(CCCN1CCOCC1)Cc1ccncc1. The van der Waals surface area contributed by atoms with Crippen LogP contribution in [0.15, 0.2) is 67.3 Å². The lowest BCUT2D eigenvalue weighted by atomic mass is 10.1. The molecule has 4 rings (SSSR count). The van der Waals surface area contributed by atoms with Crippen molar-refractivity contribution in [2.45, 2.75) is 25.8 Å². The molecule has 1 amide bonds. The van der Waals surface area contributed by atoms with Gasteiger partial charge >= 0.3 is 0 Å². The van der Waals surface area contributed by atoms with Crippen LogP contribution in [0.5, 0.6) is 0 Å². The van der Waals surface area contributed by atoms with Gasteiger partial charge in [-0.3, -0.25) is 14.7 Å².